The van der Waals surface area contributed by atoms with Crippen molar-refractivity contribution in [2.45, 2.75) is 19.4 Å². The molecule has 0 saturated heterocycles. The van der Waals surface area contributed by atoms with Crippen LogP contribution in [0, 0.1) is 0 Å². The zero-order chi connectivity index (χ0) is 10.4. The molecule has 76 valence electrons. The largest absolute Gasteiger partial charge is 0.309 e. The summed E-state index contributed by atoms with van der Waals surface area (Å²) in [5.74, 6) is 0. The van der Waals surface area contributed by atoms with Crippen molar-refractivity contribution < 1.29 is 0 Å². The number of rotatable bonds is 5. The molecule has 1 atom stereocenters. The van der Waals surface area contributed by atoms with Crippen LogP contribution in [0.25, 0.3) is 0 Å². The average molecular weight is 254 g/mol. The van der Waals surface area contributed by atoms with Crippen molar-refractivity contribution in [3.05, 3.63) is 47.0 Å². The summed E-state index contributed by atoms with van der Waals surface area (Å²) in [5, 5.41) is 3.38. The highest BCUT2D eigenvalue weighted by atomic mass is 79.9. The van der Waals surface area contributed by atoms with Gasteiger partial charge in [-0.15, -0.1) is 0 Å². The molecule has 1 unspecified atom stereocenters. The van der Waals surface area contributed by atoms with Crippen molar-refractivity contribution in [2.24, 2.45) is 0 Å². The molecule has 0 aliphatic rings. The van der Waals surface area contributed by atoms with E-state index in [0.717, 1.165) is 17.4 Å². The van der Waals surface area contributed by atoms with Crippen LogP contribution < -0.4 is 5.32 Å². The molecule has 0 radical (unpaired) electrons. The van der Waals surface area contributed by atoms with E-state index in [1.165, 1.54) is 5.56 Å². The minimum absolute atomic E-state index is 0.478. The summed E-state index contributed by atoms with van der Waals surface area (Å²) in [6.07, 6.45) is 1.06. The van der Waals surface area contributed by atoms with E-state index in [2.05, 4.69) is 59.0 Å². The van der Waals surface area contributed by atoms with Crippen LogP contribution in [-0.4, -0.2) is 12.6 Å². The first-order chi connectivity index (χ1) is 6.68. The topological polar surface area (TPSA) is 12.0 Å². The molecule has 0 aliphatic heterocycles. The molecular weight excluding hydrogens is 238 g/mol. The van der Waals surface area contributed by atoms with E-state index < -0.39 is 0 Å². The van der Waals surface area contributed by atoms with E-state index >= 15 is 0 Å². The first-order valence-electron chi connectivity index (χ1n) is 4.79. The van der Waals surface area contributed by atoms with Crippen molar-refractivity contribution in [3.8, 4) is 0 Å². The normalized spacial score (nSPS) is 12.4. The van der Waals surface area contributed by atoms with E-state index in [4.69, 9.17) is 0 Å². The molecule has 0 saturated carbocycles. The van der Waals surface area contributed by atoms with Crippen molar-refractivity contribution in [3.63, 3.8) is 0 Å². The van der Waals surface area contributed by atoms with Gasteiger partial charge in [0.15, 0.2) is 0 Å². The van der Waals surface area contributed by atoms with E-state index in [1.807, 2.05) is 6.07 Å². The monoisotopic (exact) mass is 253 g/mol. The molecule has 0 fully saturated rings. The number of hydrogen-bond donors (Lipinski definition) is 1. The molecule has 0 heterocycles. The smallest absolute Gasteiger partial charge is 0.0268 e. The van der Waals surface area contributed by atoms with Gasteiger partial charge in [-0.1, -0.05) is 52.8 Å². The summed E-state index contributed by atoms with van der Waals surface area (Å²) < 4.78 is 0.998. The lowest BCUT2D eigenvalue weighted by Crippen LogP contribution is -2.28. The molecule has 0 bridgehead atoms. The summed E-state index contributed by atoms with van der Waals surface area (Å²) in [6.45, 7) is 6.80. The first kappa shape index (κ1) is 11.5. The Kier molecular flexibility index (Phi) is 4.91. The van der Waals surface area contributed by atoms with E-state index in [-0.39, 0.29) is 0 Å². The maximum absolute atomic E-state index is 3.79. The van der Waals surface area contributed by atoms with Crippen LogP contribution in [-0.2, 0) is 6.42 Å². The summed E-state index contributed by atoms with van der Waals surface area (Å²) in [4.78, 5) is 0. The lowest BCUT2D eigenvalue weighted by Gasteiger charge is -2.13. The first-order valence-corrected chi connectivity index (χ1v) is 5.58. The Balaban J connectivity index is 2.34. The fourth-order valence-corrected chi connectivity index (χ4v) is 1.49. The van der Waals surface area contributed by atoms with Gasteiger partial charge in [-0.2, -0.15) is 0 Å². The predicted molar refractivity (Wildman–Crippen MR) is 65.7 cm³/mol. The average Bonchev–Trinajstić information content (AvgIpc) is 2.16. The maximum atomic E-state index is 3.79. The van der Waals surface area contributed by atoms with Gasteiger partial charge >= 0.3 is 0 Å². The van der Waals surface area contributed by atoms with Crippen LogP contribution in [0.5, 0.6) is 0 Å². The van der Waals surface area contributed by atoms with Crippen LogP contribution in [0.1, 0.15) is 12.5 Å². The fraction of sp³-hybridized carbons (Fsp3) is 0.333. The van der Waals surface area contributed by atoms with E-state index in [0.29, 0.717) is 6.04 Å². The van der Waals surface area contributed by atoms with Gasteiger partial charge in [0.1, 0.15) is 0 Å². The second-order valence-corrected chi connectivity index (χ2v) is 4.61. The van der Waals surface area contributed by atoms with Gasteiger partial charge in [-0.05, 0) is 18.9 Å². The second kappa shape index (κ2) is 5.99. The Morgan fingerprint density at radius 1 is 1.43 bits per heavy atom. The number of hydrogen-bond acceptors (Lipinski definition) is 1. The Hall–Kier alpha value is -0.600. The minimum atomic E-state index is 0.478. The van der Waals surface area contributed by atoms with E-state index in [9.17, 15) is 0 Å². The van der Waals surface area contributed by atoms with Crippen LogP contribution in [0.4, 0.5) is 0 Å². The standard InChI is InChI=1S/C12H16BrN/c1-10(13)9-14-11(2)8-12-6-4-3-5-7-12/h3-7,11,14H,1,8-9H2,2H3. The van der Waals surface area contributed by atoms with Crippen LogP contribution in [0.3, 0.4) is 0 Å². The summed E-state index contributed by atoms with van der Waals surface area (Å²) in [5.41, 5.74) is 1.37. The van der Waals surface area contributed by atoms with Gasteiger partial charge in [0.25, 0.3) is 0 Å². The predicted octanol–water partition coefficient (Wildman–Crippen LogP) is 3.12. The van der Waals surface area contributed by atoms with Gasteiger partial charge < -0.3 is 5.32 Å². The van der Waals surface area contributed by atoms with Gasteiger partial charge in [-0.25, -0.2) is 0 Å². The number of benzene rings is 1. The molecule has 14 heavy (non-hydrogen) atoms. The Labute approximate surface area is 94.3 Å². The molecule has 2 heteroatoms. The summed E-state index contributed by atoms with van der Waals surface area (Å²) in [6, 6.07) is 11.0. The van der Waals surface area contributed by atoms with Crippen molar-refractivity contribution in [2.75, 3.05) is 6.54 Å². The Morgan fingerprint density at radius 2 is 2.07 bits per heavy atom. The van der Waals surface area contributed by atoms with Crippen molar-refractivity contribution in [1.29, 1.82) is 0 Å². The van der Waals surface area contributed by atoms with Crippen molar-refractivity contribution in [1.82, 2.24) is 5.32 Å². The molecule has 1 aromatic rings. The second-order valence-electron chi connectivity index (χ2n) is 3.49. The van der Waals surface area contributed by atoms with Crippen LogP contribution in [0.2, 0.25) is 0 Å². The van der Waals surface area contributed by atoms with Crippen molar-refractivity contribution >= 4 is 15.9 Å². The minimum Gasteiger partial charge on any atom is -0.309 e. The third kappa shape index (κ3) is 4.58. The molecule has 1 nitrogen and oxygen atoms in total. The lowest BCUT2D eigenvalue weighted by molar-refractivity contribution is 0.579. The molecular formula is C12H16BrN. The summed E-state index contributed by atoms with van der Waals surface area (Å²) in [7, 11) is 0. The van der Waals surface area contributed by atoms with Gasteiger partial charge in [-0.3, -0.25) is 0 Å². The third-order valence-electron chi connectivity index (χ3n) is 2.03. The van der Waals surface area contributed by atoms with Crippen LogP contribution in [0.15, 0.2) is 41.4 Å². The highest BCUT2D eigenvalue weighted by Crippen LogP contribution is 2.04. The molecule has 0 aromatic heterocycles. The molecule has 1 aromatic carbocycles. The zero-order valence-electron chi connectivity index (χ0n) is 8.46. The fourth-order valence-electron chi connectivity index (χ4n) is 1.32. The molecule has 0 aliphatic carbocycles. The molecule has 0 amide bonds. The maximum Gasteiger partial charge on any atom is 0.0268 e. The number of nitrogens with one attached hydrogen (secondary N) is 1. The molecule has 1 N–H and O–H groups in total. The van der Waals surface area contributed by atoms with Gasteiger partial charge in [0.05, 0.1) is 0 Å². The van der Waals surface area contributed by atoms with Gasteiger partial charge in [0, 0.05) is 17.1 Å². The lowest BCUT2D eigenvalue weighted by atomic mass is 10.1. The Bertz CT molecular complexity index is 282. The van der Waals surface area contributed by atoms with E-state index in [1.54, 1.807) is 0 Å². The Morgan fingerprint density at radius 3 is 2.64 bits per heavy atom. The highest BCUT2D eigenvalue weighted by Gasteiger charge is 2.01. The zero-order valence-corrected chi connectivity index (χ0v) is 10.0. The highest BCUT2D eigenvalue weighted by molar-refractivity contribution is 9.11. The van der Waals surface area contributed by atoms with Gasteiger partial charge in [0.2, 0.25) is 0 Å². The molecule has 1 rings (SSSR count). The van der Waals surface area contributed by atoms with Crippen LogP contribution >= 0.6 is 15.9 Å². The SMILES string of the molecule is C=C(Br)CNC(C)Cc1ccccc1. The third-order valence-corrected chi connectivity index (χ3v) is 2.31. The quantitative estimate of drug-likeness (QED) is 0.851. The summed E-state index contributed by atoms with van der Waals surface area (Å²) >= 11 is 3.33. The number of halogens is 1. The molecule has 0 spiro atoms.